The molecule has 0 saturated heterocycles. The molecule has 0 atom stereocenters. The molecule has 0 aliphatic heterocycles. The van der Waals surface area contributed by atoms with Gasteiger partial charge in [0.05, 0.1) is 13.3 Å². The standard InChI is InChI=1S/C10H9NO2.2C2H6/c1-12-9-4-2-3-8(7-9)10-11-5-6-13-10;2*1-2/h2-7H,1H3;2*1-2H3. The van der Waals surface area contributed by atoms with Crippen LogP contribution in [0, 0.1) is 0 Å². The molecule has 0 radical (unpaired) electrons. The van der Waals surface area contributed by atoms with Crippen LogP contribution >= 0.6 is 0 Å². The summed E-state index contributed by atoms with van der Waals surface area (Å²) in [5.74, 6) is 1.41. The Labute approximate surface area is 103 Å². The quantitative estimate of drug-likeness (QED) is 0.773. The summed E-state index contributed by atoms with van der Waals surface area (Å²) in [5, 5.41) is 0. The summed E-state index contributed by atoms with van der Waals surface area (Å²) in [6, 6.07) is 7.59. The fraction of sp³-hybridized carbons (Fsp3) is 0.357. The summed E-state index contributed by atoms with van der Waals surface area (Å²) in [5.41, 5.74) is 0.921. The van der Waals surface area contributed by atoms with Gasteiger partial charge in [0.25, 0.3) is 0 Å². The molecule has 3 heteroatoms. The van der Waals surface area contributed by atoms with Crippen molar-refractivity contribution in [2.45, 2.75) is 27.7 Å². The van der Waals surface area contributed by atoms with E-state index in [-0.39, 0.29) is 0 Å². The summed E-state index contributed by atoms with van der Waals surface area (Å²) in [7, 11) is 1.63. The topological polar surface area (TPSA) is 35.3 Å². The van der Waals surface area contributed by atoms with Crippen LogP contribution in [0.5, 0.6) is 5.75 Å². The zero-order chi connectivity index (χ0) is 13.1. The first-order valence-corrected chi connectivity index (χ1v) is 5.94. The molecule has 17 heavy (non-hydrogen) atoms. The van der Waals surface area contributed by atoms with Gasteiger partial charge in [-0.25, -0.2) is 4.98 Å². The molecule has 3 nitrogen and oxygen atoms in total. The maximum absolute atomic E-state index is 5.15. The van der Waals surface area contributed by atoms with Crippen LogP contribution in [0.1, 0.15) is 27.7 Å². The largest absolute Gasteiger partial charge is 0.497 e. The molecule has 0 unspecified atom stereocenters. The van der Waals surface area contributed by atoms with Gasteiger partial charge in [-0.15, -0.1) is 0 Å². The van der Waals surface area contributed by atoms with Crippen LogP contribution in [0.15, 0.2) is 41.1 Å². The zero-order valence-electron chi connectivity index (χ0n) is 11.2. The highest BCUT2D eigenvalue weighted by molar-refractivity contribution is 5.55. The molecule has 1 aromatic heterocycles. The minimum absolute atomic E-state index is 0.610. The number of rotatable bonds is 2. The van der Waals surface area contributed by atoms with Crippen LogP contribution in [0.25, 0.3) is 11.5 Å². The first kappa shape index (κ1) is 15.2. The van der Waals surface area contributed by atoms with Crippen LogP contribution in [0.3, 0.4) is 0 Å². The van der Waals surface area contributed by atoms with E-state index in [1.807, 2.05) is 52.0 Å². The van der Waals surface area contributed by atoms with Crippen LogP contribution in [-0.2, 0) is 0 Å². The predicted molar refractivity (Wildman–Crippen MR) is 71.2 cm³/mol. The van der Waals surface area contributed by atoms with Gasteiger partial charge in [-0.2, -0.15) is 0 Å². The van der Waals surface area contributed by atoms with Gasteiger partial charge in [-0.1, -0.05) is 33.8 Å². The number of ether oxygens (including phenoxy) is 1. The third-order valence-corrected chi connectivity index (χ3v) is 1.75. The van der Waals surface area contributed by atoms with E-state index in [2.05, 4.69) is 4.98 Å². The van der Waals surface area contributed by atoms with Gasteiger partial charge in [0.2, 0.25) is 5.89 Å². The monoisotopic (exact) mass is 235 g/mol. The molecule has 0 fully saturated rings. The van der Waals surface area contributed by atoms with Gasteiger partial charge in [0, 0.05) is 5.56 Å². The molecule has 0 amide bonds. The average molecular weight is 235 g/mol. The van der Waals surface area contributed by atoms with E-state index in [1.165, 1.54) is 0 Å². The molecular formula is C14H21NO2. The van der Waals surface area contributed by atoms with Crippen molar-refractivity contribution in [2.75, 3.05) is 7.11 Å². The molecule has 0 N–H and O–H groups in total. The molecule has 0 aliphatic carbocycles. The normalized spacial score (nSPS) is 8.29. The maximum atomic E-state index is 5.15. The van der Waals surface area contributed by atoms with Gasteiger partial charge >= 0.3 is 0 Å². The second kappa shape index (κ2) is 9.46. The number of hydrogen-bond acceptors (Lipinski definition) is 3. The Morgan fingerprint density at radius 2 is 1.82 bits per heavy atom. The minimum Gasteiger partial charge on any atom is -0.497 e. The third-order valence-electron chi connectivity index (χ3n) is 1.75. The van der Waals surface area contributed by atoms with E-state index in [1.54, 1.807) is 19.6 Å². The van der Waals surface area contributed by atoms with E-state index >= 15 is 0 Å². The van der Waals surface area contributed by atoms with E-state index in [0.717, 1.165) is 11.3 Å². The van der Waals surface area contributed by atoms with Crippen LogP contribution < -0.4 is 4.74 Å². The molecule has 0 saturated carbocycles. The second-order valence-corrected chi connectivity index (χ2v) is 2.57. The first-order valence-electron chi connectivity index (χ1n) is 5.94. The van der Waals surface area contributed by atoms with Crippen molar-refractivity contribution in [2.24, 2.45) is 0 Å². The molecule has 0 spiro atoms. The Hall–Kier alpha value is -1.77. The highest BCUT2D eigenvalue weighted by Gasteiger charge is 2.02. The summed E-state index contributed by atoms with van der Waals surface area (Å²) >= 11 is 0. The molecule has 2 rings (SSSR count). The molecule has 1 aromatic carbocycles. The first-order chi connectivity index (χ1) is 8.40. The van der Waals surface area contributed by atoms with Crippen molar-refractivity contribution in [1.82, 2.24) is 4.98 Å². The summed E-state index contributed by atoms with van der Waals surface area (Å²) in [6.45, 7) is 8.00. The van der Waals surface area contributed by atoms with Crippen molar-refractivity contribution in [3.05, 3.63) is 36.7 Å². The van der Waals surface area contributed by atoms with E-state index in [0.29, 0.717) is 5.89 Å². The fourth-order valence-corrected chi connectivity index (χ4v) is 1.12. The fourth-order valence-electron chi connectivity index (χ4n) is 1.12. The molecule has 2 aromatic rings. The van der Waals surface area contributed by atoms with Crippen molar-refractivity contribution >= 4 is 0 Å². The summed E-state index contributed by atoms with van der Waals surface area (Å²) in [4.78, 5) is 4.04. The van der Waals surface area contributed by atoms with Gasteiger partial charge < -0.3 is 9.15 Å². The predicted octanol–water partition coefficient (Wildman–Crippen LogP) is 4.40. The lowest BCUT2D eigenvalue weighted by atomic mass is 10.2. The number of nitrogens with zero attached hydrogens (tertiary/aromatic N) is 1. The Kier molecular flexibility index (Phi) is 8.47. The third kappa shape index (κ3) is 4.72. The van der Waals surface area contributed by atoms with E-state index < -0.39 is 0 Å². The molecular weight excluding hydrogens is 214 g/mol. The van der Waals surface area contributed by atoms with Crippen molar-refractivity contribution < 1.29 is 9.15 Å². The molecule has 0 aliphatic rings. The van der Waals surface area contributed by atoms with E-state index in [4.69, 9.17) is 9.15 Å². The van der Waals surface area contributed by atoms with E-state index in [9.17, 15) is 0 Å². The van der Waals surface area contributed by atoms with Gasteiger partial charge in [-0.3, -0.25) is 0 Å². The van der Waals surface area contributed by atoms with Crippen molar-refractivity contribution in [1.29, 1.82) is 0 Å². The Morgan fingerprint density at radius 3 is 2.35 bits per heavy atom. The second-order valence-electron chi connectivity index (χ2n) is 2.57. The Morgan fingerprint density at radius 1 is 1.12 bits per heavy atom. The van der Waals surface area contributed by atoms with Crippen LogP contribution in [0.2, 0.25) is 0 Å². The Balaban J connectivity index is 0.000000581. The smallest absolute Gasteiger partial charge is 0.225 e. The lowest BCUT2D eigenvalue weighted by Crippen LogP contribution is -1.83. The zero-order valence-corrected chi connectivity index (χ0v) is 11.2. The van der Waals surface area contributed by atoms with Crippen LogP contribution in [-0.4, -0.2) is 12.1 Å². The molecule has 1 heterocycles. The van der Waals surface area contributed by atoms with Gasteiger partial charge in [0.15, 0.2) is 0 Å². The van der Waals surface area contributed by atoms with Gasteiger partial charge in [-0.05, 0) is 18.2 Å². The highest BCUT2D eigenvalue weighted by Crippen LogP contribution is 2.21. The van der Waals surface area contributed by atoms with Crippen molar-refractivity contribution in [3.8, 4) is 17.2 Å². The number of benzene rings is 1. The number of aromatic nitrogens is 1. The van der Waals surface area contributed by atoms with Crippen LogP contribution in [0.4, 0.5) is 0 Å². The maximum Gasteiger partial charge on any atom is 0.225 e. The molecule has 94 valence electrons. The molecule has 0 bridgehead atoms. The lowest BCUT2D eigenvalue weighted by Gasteiger charge is -2.00. The SMILES string of the molecule is CC.CC.COc1cccc(-c2ncco2)c1. The van der Waals surface area contributed by atoms with Crippen molar-refractivity contribution in [3.63, 3.8) is 0 Å². The summed E-state index contributed by atoms with van der Waals surface area (Å²) in [6.07, 6.45) is 3.17. The Bertz CT molecular complexity index is 383. The minimum atomic E-state index is 0.610. The number of methoxy groups -OCH3 is 1. The highest BCUT2D eigenvalue weighted by atomic mass is 16.5. The lowest BCUT2D eigenvalue weighted by molar-refractivity contribution is 0.414. The number of oxazole rings is 1. The number of hydrogen-bond donors (Lipinski definition) is 0. The summed E-state index contributed by atoms with van der Waals surface area (Å²) < 4.78 is 10.2. The van der Waals surface area contributed by atoms with Gasteiger partial charge in [0.1, 0.15) is 12.0 Å². The average Bonchev–Trinajstić information content (AvgIpc) is 2.97.